The number of para-hydroxylation sites is 3. The fourth-order valence-electron chi connectivity index (χ4n) is 8.38. The molecular formula is C53H42N2OSi. The van der Waals surface area contributed by atoms with Crippen LogP contribution in [0.2, 0.25) is 19.6 Å². The molecule has 0 amide bonds. The number of nitrogens with zero attached hydrogens (tertiary/aromatic N) is 2. The Kier molecular flexibility index (Phi) is 8.50. The summed E-state index contributed by atoms with van der Waals surface area (Å²) < 4.78 is 7.03. The molecule has 0 aliphatic carbocycles. The maximum Gasteiger partial charge on any atom is 0.143 e. The topological polar surface area (TPSA) is 19.6 Å². The molecule has 10 aromatic rings. The molecule has 10 rings (SSSR count). The van der Waals surface area contributed by atoms with Crippen LogP contribution in [0.5, 0.6) is 0 Å². The zero-order valence-corrected chi connectivity index (χ0v) is 33.4. The van der Waals surface area contributed by atoms with Crippen LogP contribution in [-0.4, -0.2) is 8.07 Å². The summed E-state index contributed by atoms with van der Waals surface area (Å²) in [5.74, 6) is 0. The van der Waals surface area contributed by atoms with Crippen LogP contribution in [0.1, 0.15) is 0 Å². The van der Waals surface area contributed by atoms with Gasteiger partial charge in [-0.1, -0.05) is 146 Å². The van der Waals surface area contributed by atoms with Crippen molar-refractivity contribution >= 4 is 90.9 Å². The van der Waals surface area contributed by atoms with Gasteiger partial charge in [-0.15, -0.1) is 0 Å². The van der Waals surface area contributed by atoms with Crippen molar-refractivity contribution in [3.05, 3.63) is 200 Å². The van der Waals surface area contributed by atoms with Gasteiger partial charge in [0.15, 0.2) is 0 Å². The fourth-order valence-corrected chi connectivity index (χ4v) is 9.55. The van der Waals surface area contributed by atoms with Gasteiger partial charge in [0, 0.05) is 56.2 Å². The Bertz CT molecular complexity index is 3040. The highest BCUT2D eigenvalue weighted by molar-refractivity contribution is 6.88. The minimum Gasteiger partial charge on any atom is -0.455 e. The van der Waals surface area contributed by atoms with Crippen LogP contribution >= 0.6 is 0 Å². The molecule has 0 bridgehead atoms. The second-order valence-corrected chi connectivity index (χ2v) is 20.9. The second-order valence-electron chi connectivity index (χ2n) is 15.8. The standard InChI is InChI=1S/C53H42N2OSi/c1-57(2,3)43-31-27-40(28-32-43)54(38-19-9-5-10-20-38)41-29-33-47-49(35-41)45-24-13-14-25-46(45)52-48-34-30-42(36-51(48)56-53(47)52)55(39-21-11-6-12-22-39)50-26-16-15-23-44(50)37-17-7-4-8-18-37/h4-36H,1-3H3. The van der Waals surface area contributed by atoms with Gasteiger partial charge in [0.05, 0.1) is 13.8 Å². The molecule has 0 atom stereocenters. The number of hydrogen-bond acceptors (Lipinski definition) is 3. The Morgan fingerprint density at radius 2 is 0.912 bits per heavy atom. The largest absolute Gasteiger partial charge is 0.455 e. The predicted molar refractivity (Wildman–Crippen MR) is 247 cm³/mol. The molecule has 1 heterocycles. The summed E-state index contributed by atoms with van der Waals surface area (Å²) in [4.78, 5) is 4.70. The Morgan fingerprint density at radius 3 is 1.60 bits per heavy atom. The third-order valence-corrected chi connectivity index (χ3v) is 13.2. The second kappa shape index (κ2) is 14.0. The molecule has 0 saturated heterocycles. The number of rotatable bonds is 8. The van der Waals surface area contributed by atoms with Crippen molar-refractivity contribution < 1.29 is 4.42 Å². The Hall–Kier alpha value is -6.88. The third-order valence-electron chi connectivity index (χ3n) is 11.2. The SMILES string of the molecule is C[Si](C)(C)c1ccc(N(c2ccccc2)c2ccc3c(c2)c2ccccc2c2c4ccc(N(c5ccccc5)c5ccccc5-c5ccccc5)cc4oc32)cc1. The number of furan rings is 1. The van der Waals surface area contributed by atoms with Crippen molar-refractivity contribution in [3.63, 3.8) is 0 Å². The molecule has 0 N–H and O–H groups in total. The maximum atomic E-state index is 7.03. The molecule has 57 heavy (non-hydrogen) atoms. The van der Waals surface area contributed by atoms with Gasteiger partial charge >= 0.3 is 0 Å². The van der Waals surface area contributed by atoms with E-state index in [2.05, 4.69) is 230 Å². The number of fused-ring (bicyclic) bond motifs is 8. The normalized spacial score (nSPS) is 11.8. The minimum absolute atomic E-state index is 0.857. The molecule has 0 unspecified atom stereocenters. The van der Waals surface area contributed by atoms with E-state index in [0.29, 0.717) is 0 Å². The fraction of sp³-hybridized carbons (Fsp3) is 0.0566. The van der Waals surface area contributed by atoms with Gasteiger partial charge in [-0.2, -0.15) is 0 Å². The zero-order valence-electron chi connectivity index (χ0n) is 32.4. The number of benzene rings is 9. The van der Waals surface area contributed by atoms with Gasteiger partial charge in [-0.25, -0.2) is 0 Å². The lowest BCUT2D eigenvalue weighted by Crippen LogP contribution is -2.37. The van der Waals surface area contributed by atoms with Crippen molar-refractivity contribution in [2.75, 3.05) is 9.80 Å². The number of hydrogen-bond donors (Lipinski definition) is 0. The average Bonchev–Trinajstić information content (AvgIpc) is 3.64. The monoisotopic (exact) mass is 750 g/mol. The summed E-state index contributed by atoms with van der Waals surface area (Å²) in [6.45, 7) is 7.19. The molecule has 0 spiro atoms. The summed E-state index contributed by atoms with van der Waals surface area (Å²) in [5, 5.41) is 8.35. The van der Waals surface area contributed by atoms with E-state index >= 15 is 0 Å². The van der Waals surface area contributed by atoms with Gasteiger partial charge < -0.3 is 14.2 Å². The smallest absolute Gasteiger partial charge is 0.143 e. The van der Waals surface area contributed by atoms with Crippen LogP contribution in [0.15, 0.2) is 205 Å². The Labute approximate surface area is 334 Å². The van der Waals surface area contributed by atoms with Crippen molar-refractivity contribution in [2.45, 2.75) is 19.6 Å². The highest BCUT2D eigenvalue weighted by Gasteiger charge is 2.22. The quantitative estimate of drug-likeness (QED) is 0.114. The summed E-state index contributed by atoms with van der Waals surface area (Å²) in [7, 11) is -1.45. The van der Waals surface area contributed by atoms with Crippen molar-refractivity contribution in [1.29, 1.82) is 0 Å². The van der Waals surface area contributed by atoms with Gasteiger partial charge in [0.25, 0.3) is 0 Å². The third kappa shape index (κ3) is 6.15. The number of anilines is 6. The van der Waals surface area contributed by atoms with E-state index in [-0.39, 0.29) is 0 Å². The summed E-state index contributed by atoms with van der Waals surface area (Å²) in [5.41, 5.74) is 10.7. The molecule has 0 aliphatic rings. The maximum absolute atomic E-state index is 7.03. The van der Waals surface area contributed by atoms with Crippen molar-refractivity contribution in [1.82, 2.24) is 0 Å². The van der Waals surface area contributed by atoms with Crippen LogP contribution in [0.25, 0.3) is 54.6 Å². The summed E-state index contributed by atoms with van der Waals surface area (Å²) in [6.07, 6.45) is 0. The lowest BCUT2D eigenvalue weighted by atomic mass is 9.96. The van der Waals surface area contributed by atoms with E-state index in [1.165, 1.54) is 21.5 Å². The van der Waals surface area contributed by atoms with E-state index in [0.717, 1.165) is 72.4 Å². The minimum atomic E-state index is -1.45. The van der Waals surface area contributed by atoms with E-state index in [9.17, 15) is 0 Å². The molecule has 3 nitrogen and oxygen atoms in total. The highest BCUT2D eigenvalue weighted by atomic mass is 28.3. The first kappa shape index (κ1) is 34.6. The summed E-state index contributed by atoms with van der Waals surface area (Å²) in [6, 6.07) is 72.0. The van der Waals surface area contributed by atoms with Crippen LogP contribution < -0.4 is 15.0 Å². The average molecular weight is 751 g/mol. The van der Waals surface area contributed by atoms with Gasteiger partial charge in [-0.05, 0) is 94.5 Å². The van der Waals surface area contributed by atoms with Crippen LogP contribution in [0.3, 0.4) is 0 Å². The molecule has 0 fully saturated rings. The molecule has 9 aromatic carbocycles. The lowest BCUT2D eigenvalue weighted by molar-refractivity contribution is 0.673. The molecule has 0 saturated carbocycles. The Morgan fingerprint density at radius 1 is 0.386 bits per heavy atom. The van der Waals surface area contributed by atoms with Gasteiger partial charge in [0.2, 0.25) is 0 Å². The molecule has 0 radical (unpaired) electrons. The van der Waals surface area contributed by atoms with E-state index in [1.807, 2.05) is 0 Å². The molecule has 0 aliphatic heterocycles. The first-order valence-corrected chi connectivity index (χ1v) is 23.2. The molecule has 4 heteroatoms. The van der Waals surface area contributed by atoms with Crippen LogP contribution in [0, 0.1) is 0 Å². The van der Waals surface area contributed by atoms with Crippen molar-refractivity contribution in [2.24, 2.45) is 0 Å². The highest BCUT2D eigenvalue weighted by Crippen LogP contribution is 2.46. The molecule has 274 valence electrons. The Balaban J connectivity index is 1.16. The van der Waals surface area contributed by atoms with Crippen molar-refractivity contribution in [3.8, 4) is 11.1 Å². The van der Waals surface area contributed by atoms with Gasteiger partial charge in [-0.3, -0.25) is 0 Å². The summed E-state index contributed by atoms with van der Waals surface area (Å²) >= 11 is 0. The zero-order chi connectivity index (χ0) is 38.5. The van der Waals surface area contributed by atoms with Crippen LogP contribution in [-0.2, 0) is 0 Å². The van der Waals surface area contributed by atoms with E-state index in [1.54, 1.807) is 0 Å². The van der Waals surface area contributed by atoms with E-state index < -0.39 is 8.07 Å². The predicted octanol–water partition coefficient (Wildman–Crippen LogP) is 15.0. The first-order chi connectivity index (χ1) is 27.9. The van der Waals surface area contributed by atoms with E-state index in [4.69, 9.17) is 4.42 Å². The molecular weight excluding hydrogens is 709 g/mol. The molecule has 1 aromatic heterocycles. The van der Waals surface area contributed by atoms with Crippen LogP contribution in [0.4, 0.5) is 34.1 Å². The first-order valence-electron chi connectivity index (χ1n) is 19.7. The van der Waals surface area contributed by atoms with Gasteiger partial charge in [0.1, 0.15) is 11.2 Å². The lowest BCUT2D eigenvalue weighted by Gasteiger charge is -2.27.